The zero-order valence-electron chi connectivity index (χ0n) is 34.2. The van der Waals surface area contributed by atoms with Gasteiger partial charge in [-0.25, -0.2) is 4.79 Å². The highest BCUT2D eigenvalue weighted by molar-refractivity contribution is 5.94. The van der Waals surface area contributed by atoms with Crippen molar-refractivity contribution >= 4 is 11.9 Å². The minimum absolute atomic E-state index is 0.0165. The molecule has 7 heteroatoms. The molecule has 0 unspecified atom stereocenters. The molecule has 2 aliphatic rings. The zero-order chi connectivity index (χ0) is 40.9. The fourth-order valence-electron chi connectivity index (χ4n) is 7.39. The van der Waals surface area contributed by atoms with Crippen LogP contribution in [0.2, 0.25) is 0 Å². The van der Waals surface area contributed by atoms with Gasteiger partial charge in [-0.05, 0) is 141 Å². The number of aromatic carboxylic acids is 1. The van der Waals surface area contributed by atoms with Crippen LogP contribution < -0.4 is 11.1 Å². The third-order valence-electron chi connectivity index (χ3n) is 10.4. The second kappa shape index (κ2) is 23.1. The van der Waals surface area contributed by atoms with Crippen molar-refractivity contribution in [2.75, 3.05) is 39.5 Å². The lowest BCUT2D eigenvalue weighted by atomic mass is 9.74. The van der Waals surface area contributed by atoms with Gasteiger partial charge in [0.05, 0.1) is 5.56 Å². The van der Waals surface area contributed by atoms with Crippen LogP contribution in [0.4, 0.5) is 0 Å². The fraction of sp³-hybridized carbons (Fsp3) is 0.400. The summed E-state index contributed by atoms with van der Waals surface area (Å²) in [5, 5.41) is 11.9. The molecule has 57 heavy (non-hydrogen) atoms. The van der Waals surface area contributed by atoms with Crippen LogP contribution in [0, 0.1) is 46.3 Å². The highest BCUT2D eigenvalue weighted by Gasteiger charge is 2.34. The maximum atomic E-state index is 12.6. The van der Waals surface area contributed by atoms with Gasteiger partial charge in [-0.2, -0.15) is 0 Å². The standard InChI is InChI=1S/C25H29NO2.C15H10O2.C10H21NO/c1-20(2)18-25(14-16-28-17-15-25)19-26-24(27)23-12-10-22(11-13-23)9-8-21-6-4-3-5-7-21;16-15(17)14-10-8-13(9-11-14)7-6-12-4-2-1-3-5-12;1-9(2)7-10(8-11)3-5-12-6-4-10/h3-7,10-13,20H,14-19H2,1-2H3,(H,26,27);1-5,8-11H,(H,16,17);9H,3-8,11H2,1-2H3. The fourth-order valence-corrected chi connectivity index (χ4v) is 7.39. The molecule has 0 aromatic heterocycles. The molecule has 0 radical (unpaired) electrons. The maximum Gasteiger partial charge on any atom is 0.335 e. The van der Waals surface area contributed by atoms with Crippen molar-refractivity contribution < 1.29 is 24.2 Å². The molecular formula is C50H60N2O5. The first kappa shape index (κ1) is 44.5. The van der Waals surface area contributed by atoms with E-state index in [0.717, 1.165) is 93.2 Å². The average molecular weight is 769 g/mol. The Labute approximate surface area is 340 Å². The van der Waals surface area contributed by atoms with Gasteiger partial charge in [0.2, 0.25) is 0 Å². The monoisotopic (exact) mass is 768 g/mol. The van der Waals surface area contributed by atoms with Gasteiger partial charge in [0.1, 0.15) is 0 Å². The number of carbonyl (C=O) groups excluding carboxylic acids is 1. The van der Waals surface area contributed by atoms with Gasteiger partial charge < -0.3 is 25.6 Å². The van der Waals surface area contributed by atoms with E-state index in [1.165, 1.54) is 6.42 Å². The minimum atomic E-state index is -0.924. The first-order chi connectivity index (χ1) is 27.5. The zero-order valence-corrected chi connectivity index (χ0v) is 34.2. The minimum Gasteiger partial charge on any atom is -0.478 e. The third kappa shape index (κ3) is 15.7. The normalized spacial score (nSPS) is 15.2. The highest BCUT2D eigenvalue weighted by atomic mass is 16.5. The van der Waals surface area contributed by atoms with Crippen LogP contribution in [0.25, 0.3) is 0 Å². The van der Waals surface area contributed by atoms with E-state index in [4.69, 9.17) is 20.3 Å². The quantitative estimate of drug-likeness (QED) is 0.147. The van der Waals surface area contributed by atoms with Gasteiger partial charge in [-0.3, -0.25) is 4.79 Å². The van der Waals surface area contributed by atoms with Gasteiger partial charge in [-0.1, -0.05) is 87.8 Å². The van der Waals surface area contributed by atoms with Crippen molar-refractivity contribution in [3.63, 3.8) is 0 Å². The van der Waals surface area contributed by atoms with Crippen molar-refractivity contribution in [1.29, 1.82) is 0 Å². The Morgan fingerprint density at radius 2 is 0.965 bits per heavy atom. The Hall–Kier alpha value is -5.18. The molecule has 0 bridgehead atoms. The largest absolute Gasteiger partial charge is 0.478 e. The Morgan fingerprint density at radius 3 is 1.35 bits per heavy atom. The topological polar surface area (TPSA) is 111 Å². The van der Waals surface area contributed by atoms with Crippen LogP contribution in [0.5, 0.6) is 0 Å². The number of carbonyl (C=O) groups is 2. The summed E-state index contributed by atoms with van der Waals surface area (Å²) in [4.78, 5) is 23.3. The number of benzene rings is 4. The Morgan fingerprint density at radius 1 is 0.596 bits per heavy atom. The smallest absolute Gasteiger partial charge is 0.335 e. The molecule has 300 valence electrons. The molecule has 2 heterocycles. The molecule has 1 amide bonds. The van der Waals surface area contributed by atoms with Crippen LogP contribution in [-0.2, 0) is 9.47 Å². The van der Waals surface area contributed by atoms with Crippen molar-refractivity contribution in [3.8, 4) is 23.7 Å². The molecule has 7 nitrogen and oxygen atoms in total. The number of rotatable bonds is 9. The van der Waals surface area contributed by atoms with E-state index >= 15 is 0 Å². The van der Waals surface area contributed by atoms with Gasteiger partial charge in [0.25, 0.3) is 5.91 Å². The number of amides is 1. The Bertz CT molecular complexity index is 1920. The summed E-state index contributed by atoms with van der Waals surface area (Å²) in [6, 6.07) is 33.6. The lowest BCUT2D eigenvalue weighted by molar-refractivity contribution is 0.00457. The summed E-state index contributed by atoms with van der Waals surface area (Å²) < 4.78 is 10.9. The number of carboxylic acids is 1. The van der Waals surface area contributed by atoms with Gasteiger partial charge in [0.15, 0.2) is 0 Å². The first-order valence-corrected chi connectivity index (χ1v) is 20.2. The number of carboxylic acid groups (broad SMARTS) is 1. The Balaban J connectivity index is 0.000000210. The second-order valence-electron chi connectivity index (χ2n) is 16.0. The summed E-state index contributed by atoms with van der Waals surface area (Å²) in [6.07, 6.45) is 6.71. The van der Waals surface area contributed by atoms with E-state index in [0.29, 0.717) is 23.4 Å². The summed E-state index contributed by atoms with van der Waals surface area (Å²) in [5.74, 6) is 12.7. The molecule has 0 spiro atoms. The molecule has 4 aromatic carbocycles. The van der Waals surface area contributed by atoms with Gasteiger partial charge in [0, 0.05) is 60.8 Å². The molecule has 4 aromatic rings. The highest BCUT2D eigenvalue weighted by Crippen LogP contribution is 2.37. The van der Waals surface area contributed by atoms with Crippen LogP contribution >= 0.6 is 0 Å². The predicted molar refractivity (Wildman–Crippen MR) is 230 cm³/mol. The number of nitrogens with two attached hydrogens (primary N) is 1. The summed E-state index contributed by atoms with van der Waals surface area (Å²) in [6.45, 7) is 14.0. The molecule has 0 atom stereocenters. The molecule has 0 aliphatic carbocycles. The average Bonchev–Trinajstić information content (AvgIpc) is 3.23. The summed E-state index contributed by atoms with van der Waals surface area (Å²) in [7, 11) is 0. The third-order valence-corrected chi connectivity index (χ3v) is 10.4. The van der Waals surface area contributed by atoms with E-state index in [2.05, 4.69) is 56.7 Å². The lowest BCUT2D eigenvalue weighted by Crippen LogP contribution is -2.42. The second-order valence-corrected chi connectivity index (χ2v) is 16.0. The summed E-state index contributed by atoms with van der Waals surface area (Å²) >= 11 is 0. The van der Waals surface area contributed by atoms with Crippen molar-refractivity contribution in [2.45, 2.75) is 66.2 Å². The van der Waals surface area contributed by atoms with E-state index in [1.807, 2.05) is 84.9 Å². The summed E-state index contributed by atoms with van der Waals surface area (Å²) in [5.41, 5.74) is 11.0. The Kier molecular flexibility index (Phi) is 18.1. The molecule has 2 saturated heterocycles. The van der Waals surface area contributed by atoms with E-state index in [-0.39, 0.29) is 16.9 Å². The van der Waals surface area contributed by atoms with Crippen LogP contribution in [0.15, 0.2) is 109 Å². The van der Waals surface area contributed by atoms with Crippen LogP contribution in [0.1, 0.15) is 109 Å². The van der Waals surface area contributed by atoms with Crippen molar-refractivity contribution in [3.05, 3.63) is 143 Å². The maximum absolute atomic E-state index is 12.6. The molecule has 4 N–H and O–H groups in total. The van der Waals surface area contributed by atoms with E-state index in [1.54, 1.807) is 24.3 Å². The molecular weight excluding hydrogens is 709 g/mol. The van der Waals surface area contributed by atoms with Gasteiger partial charge >= 0.3 is 5.97 Å². The lowest BCUT2D eigenvalue weighted by Gasteiger charge is -2.38. The van der Waals surface area contributed by atoms with Gasteiger partial charge in [-0.15, -0.1) is 0 Å². The number of hydrogen-bond acceptors (Lipinski definition) is 5. The molecule has 6 rings (SSSR count). The number of hydrogen-bond donors (Lipinski definition) is 3. The molecule has 2 fully saturated rings. The van der Waals surface area contributed by atoms with Crippen LogP contribution in [0.3, 0.4) is 0 Å². The van der Waals surface area contributed by atoms with Crippen molar-refractivity contribution in [2.24, 2.45) is 28.4 Å². The van der Waals surface area contributed by atoms with Crippen molar-refractivity contribution in [1.82, 2.24) is 5.32 Å². The van der Waals surface area contributed by atoms with Crippen LogP contribution in [-0.4, -0.2) is 56.5 Å². The van der Waals surface area contributed by atoms with E-state index in [9.17, 15) is 9.59 Å². The first-order valence-electron chi connectivity index (χ1n) is 20.2. The number of nitrogens with one attached hydrogen (secondary N) is 1. The predicted octanol–water partition coefficient (Wildman–Crippen LogP) is 9.23. The SMILES string of the molecule is CC(C)CC1(CN)CCOCC1.CC(C)CC1(CNC(=O)c2ccc(C#Cc3ccccc3)cc2)CCOCC1.O=C(O)c1ccc(C#Cc2ccccc2)cc1. The number of ether oxygens (including phenoxy) is 2. The molecule has 2 aliphatic heterocycles. The van der Waals surface area contributed by atoms with E-state index < -0.39 is 5.97 Å². The molecule has 0 saturated carbocycles.